The molecule has 4 heterocycles. The predicted octanol–water partition coefficient (Wildman–Crippen LogP) is 6.62. The highest BCUT2D eigenvalue weighted by Crippen LogP contribution is 2.58. The van der Waals surface area contributed by atoms with Crippen molar-refractivity contribution in [2.45, 2.75) is 146 Å². The van der Waals surface area contributed by atoms with Crippen LogP contribution in [-0.2, 0) is 36.3 Å². The van der Waals surface area contributed by atoms with Crippen molar-refractivity contribution < 1.29 is 23.9 Å². The van der Waals surface area contributed by atoms with Crippen LogP contribution < -0.4 is 16.0 Å². The molecule has 3 aromatic rings. The number of carbonyl (C=O) groups is 3. The van der Waals surface area contributed by atoms with E-state index in [1.54, 1.807) is 0 Å². The van der Waals surface area contributed by atoms with Gasteiger partial charge in [-0.3, -0.25) is 9.59 Å². The Bertz CT molecular complexity index is 1820. The molecule has 3 saturated carbocycles. The Morgan fingerprint density at radius 1 is 0.879 bits per heavy atom. The second-order valence-corrected chi connectivity index (χ2v) is 18.1. The molecule has 3 unspecified atom stereocenters. The van der Waals surface area contributed by atoms with Gasteiger partial charge in [0.2, 0.25) is 11.8 Å². The summed E-state index contributed by atoms with van der Waals surface area (Å²) in [5.41, 5.74) is 5.10. The lowest BCUT2D eigenvalue weighted by atomic mass is 9.51. The molecule has 3 aliphatic carbocycles. The van der Waals surface area contributed by atoms with Crippen molar-refractivity contribution >= 4 is 17.9 Å². The molecule has 13 nitrogen and oxygen atoms in total. The fraction of sp³-hybridized carbons (Fsp3) is 0.667. The number of aromatic nitrogens is 4. The smallest absolute Gasteiger partial charge is 0.407 e. The van der Waals surface area contributed by atoms with Crippen LogP contribution in [0.5, 0.6) is 0 Å². The Labute approximate surface area is 344 Å². The number of H-pyrrole nitrogens is 2. The Kier molecular flexibility index (Phi) is 13.3. The number of methoxy groups -OCH3 is 1. The van der Waals surface area contributed by atoms with Crippen molar-refractivity contribution in [3.8, 4) is 11.3 Å². The molecule has 316 valence electrons. The zero-order chi connectivity index (χ0) is 40.9. The Balaban J connectivity index is 0.888. The number of hydrogen-bond acceptors (Lipinski definition) is 8. The molecule has 3 atom stereocenters. The molecule has 2 aliphatic heterocycles. The molecule has 0 spiro atoms. The number of likely N-dealkylation sites (tertiary alicyclic amines) is 1. The van der Waals surface area contributed by atoms with Gasteiger partial charge < -0.3 is 40.3 Å². The molecule has 5 N–H and O–H groups in total. The molecule has 5 aliphatic rings. The van der Waals surface area contributed by atoms with Gasteiger partial charge in [0.05, 0.1) is 31.1 Å². The number of fused-ring (bicyclic) bond motifs is 3. The Morgan fingerprint density at radius 3 is 2.24 bits per heavy atom. The highest BCUT2D eigenvalue weighted by molar-refractivity contribution is 5.86. The minimum Gasteiger partial charge on any atom is -0.453 e. The fourth-order valence-electron chi connectivity index (χ4n) is 10.1. The predicted molar refractivity (Wildman–Crippen MR) is 223 cm³/mol. The summed E-state index contributed by atoms with van der Waals surface area (Å²) in [6.45, 7) is 10.9. The van der Waals surface area contributed by atoms with Crippen LogP contribution in [-0.4, -0.2) is 94.3 Å². The SMILES string of the molecule is COC(=O)NC(C(=O)N1CCCC1c1ncc(C23CCC(c4ccc(-c5cnc(CCCCNC(=O)C(NC6CCOCC6)C(C)C)[nH]5)cc4)(CC2)CC3)[nH]1)C(C)C. The van der Waals surface area contributed by atoms with Gasteiger partial charge in [-0.1, -0.05) is 52.0 Å². The van der Waals surface area contributed by atoms with E-state index in [0.29, 0.717) is 19.1 Å². The first-order chi connectivity index (χ1) is 28.0. The summed E-state index contributed by atoms with van der Waals surface area (Å²) >= 11 is 0. The molecular weight excluding hydrogens is 733 g/mol. The van der Waals surface area contributed by atoms with Crippen LogP contribution in [0.2, 0.25) is 0 Å². The van der Waals surface area contributed by atoms with Crippen LogP contribution in [0.15, 0.2) is 36.7 Å². The second kappa shape index (κ2) is 18.4. The van der Waals surface area contributed by atoms with Gasteiger partial charge in [-0.05, 0) is 105 Å². The van der Waals surface area contributed by atoms with Gasteiger partial charge in [0.25, 0.3) is 0 Å². The number of carbonyl (C=O) groups excluding carboxylic acids is 3. The molecule has 58 heavy (non-hydrogen) atoms. The van der Waals surface area contributed by atoms with Crippen LogP contribution in [0.25, 0.3) is 11.3 Å². The highest BCUT2D eigenvalue weighted by Gasteiger charge is 2.51. The van der Waals surface area contributed by atoms with Gasteiger partial charge in [-0.25, -0.2) is 14.8 Å². The van der Waals surface area contributed by atoms with Gasteiger partial charge in [-0.2, -0.15) is 0 Å². The lowest BCUT2D eigenvalue weighted by molar-refractivity contribution is -0.135. The van der Waals surface area contributed by atoms with Gasteiger partial charge in [0, 0.05) is 56.1 Å². The fourth-order valence-corrected chi connectivity index (χ4v) is 10.1. The third kappa shape index (κ3) is 9.15. The van der Waals surface area contributed by atoms with E-state index >= 15 is 0 Å². The van der Waals surface area contributed by atoms with E-state index in [9.17, 15) is 14.4 Å². The van der Waals surface area contributed by atoms with Crippen molar-refractivity contribution in [2.75, 3.05) is 33.4 Å². The molecule has 3 amide bonds. The normalized spacial score (nSPS) is 24.6. The zero-order valence-electron chi connectivity index (χ0n) is 35.3. The van der Waals surface area contributed by atoms with Crippen LogP contribution in [0.1, 0.15) is 134 Å². The number of unbranched alkanes of at least 4 members (excludes halogenated alkanes) is 1. The number of ether oxygens (including phenoxy) is 2. The number of imidazole rings is 2. The molecule has 1 aromatic carbocycles. The minimum atomic E-state index is -0.645. The average Bonchev–Trinajstić information content (AvgIpc) is 4.05. The number of aryl methyl sites for hydroxylation is 1. The van der Waals surface area contributed by atoms with Crippen molar-refractivity contribution in [3.63, 3.8) is 0 Å². The van der Waals surface area contributed by atoms with E-state index in [-0.39, 0.29) is 46.6 Å². The van der Waals surface area contributed by atoms with Gasteiger partial charge >= 0.3 is 6.09 Å². The molecule has 2 bridgehead atoms. The summed E-state index contributed by atoms with van der Waals surface area (Å²) in [5.74, 6) is 2.00. The van der Waals surface area contributed by atoms with E-state index < -0.39 is 12.1 Å². The lowest BCUT2D eigenvalue weighted by Crippen LogP contribution is -2.52. The number of hydrogen-bond donors (Lipinski definition) is 5. The molecule has 2 saturated heterocycles. The van der Waals surface area contributed by atoms with Crippen LogP contribution in [0, 0.1) is 11.8 Å². The van der Waals surface area contributed by atoms with Crippen molar-refractivity contribution in [1.29, 1.82) is 0 Å². The highest BCUT2D eigenvalue weighted by atomic mass is 16.5. The number of nitrogens with one attached hydrogen (secondary N) is 5. The average molecular weight is 799 g/mol. The summed E-state index contributed by atoms with van der Waals surface area (Å²) in [6.07, 6.45) is 16.5. The molecule has 0 radical (unpaired) electrons. The quantitative estimate of drug-likeness (QED) is 0.101. The Hall–Kier alpha value is -4.23. The zero-order valence-corrected chi connectivity index (χ0v) is 35.3. The maximum Gasteiger partial charge on any atom is 0.407 e. The largest absolute Gasteiger partial charge is 0.453 e. The number of amides is 3. The molecule has 2 aromatic heterocycles. The molecular formula is C45H66N8O5. The maximum absolute atomic E-state index is 13.7. The number of alkyl carbamates (subject to hydrolysis) is 1. The van der Waals surface area contributed by atoms with E-state index in [1.165, 1.54) is 18.4 Å². The van der Waals surface area contributed by atoms with E-state index in [2.05, 4.69) is 69.0 Å². The third-order valence-electron chi connectivity index (χ3n) is 13.8. The first kappa shape index (κ1) is 41.9. The van der Waals surface area contributed by atoms with Crippen LogP contribution >= 0.6 is 0 Å². The summed E-state index contributed by atoms with van der Waals surface area (Å²) in [4.78, 5) is 57.4. The van der Waals surface area contributed by atoms with Gasteiger partial charge in [0.1, 0.15) is 17.7 Å². The second-order valence-electron chi connectivity index (χ2n) is 18.1. The lowest BCUT2D eigenvalue weighted by Gasteiger charge is -2.53. The standard InChI is InChI=1S/C45H66N8O5/c1-29(2)38(49-33-15-25-58-26-16-33)41(54)46-23-7-6-10-37-47-27-34(50-37)31-11-13-32(14-12-31)44-17-20-45(21-18-44,22-19-44)36-28-48-40(51-36)35-9-8-24-53(35)42(55)39(30(3)4)52-43(56)57-5/h11-14,27-30,33,35,38-39,49H,6-10,15-26H2,1-5H3,(H,46,54)(H,47,50)(H,48,51)(H,52,56). The number of benzene rings is 1. The molecule has 13 heteroatoms. The number of nitrogens with zero attached hydrogens (tertiary/aromatic N) is 3. The molecule has 5 fully saturated rings. The topological polar surface area (TPSA) is 166 Å². The number of aromatic amines is 2. The summed E-state index contributed by atoms with van der Waals surface area (Å²) in [6, 6.07) is 8.54. The first-order valence-corrected chi connectivity index (χ1v) is 22.0. The monoisotopic (exact) mass is 799 g/mol. The third-order valence-corrected chi connectivity index (χ3v) is 13.8. The summed E-state index contributed by atoms with van der Waals surface area (Å²) in [7, 11) is 1.32. The maximum atomic E-state index is 13.7. The van der Waals surface area contributed by atoms with Crippen molar-refractivity contribution in [1.82, 2.24) is 40.8 Å². The minimum absolute atomic E-state index is 0.0684. The van der Waals surface area contributed by atoms with E-state index in [4.69, 9.17) is 14.5 Å². The Morgan fingerprint density at radius 2 is 1.57 bits per heavy atom. The first-order valence-electron chi connectivity index (χ1n) is 22.0. The van der Waals surface area contributed by atoms with Crippen molar-refractivity contribution in [2.24, 2.45) is 11.8 Å². The number of rotatable bonds is 16. The van der Waals surface area contributed by atoms with Gasteiger partial charge in [-0.15, -0.1) is 0 Å². The van der Waals surface area contributed by atoms with Crippen LogP contribution in [0.3, 0.4) is 0 Å². The van der Waals surface area contributed by atoms with E-state index in [1.807, 2.05) is 31.1 Å². The van der Waals surface area contributed by atoms with E-state index in [0.717, 1.165) is 120 Å². The van der Waals surface area contributed by atoms with Gasteiger partial charge in [0.15, 0.2) is 0 Å². The summed E-state index contributed by atoms with van der Waals surface area (Å²) in [5, 5.41) is 9.47. The summed E-state index contributed by atoms with van der Waals surface area (Å²) < 4.78 is 10.3. The van der Waals surface area contributed by atoms with Crippen LogP contribution in [0.4, 0.5) is 4.79 Å². The van der Waals surface area contributed by atoms with Crippen molar-refractivity contribution in [3.05, 3.63) is 59.6 Å². The molecule has 8 rings (SSSR count).